The van der Waals surface area contributed by atoms with Gasteiger partial charge in [0.2, 0.25) is 0 Å². The number of benzene rings is 1. The summed E-state index contributed by atoms with van der Waals surface area (Å²) in [7, 11) is 0. The SMILES string of the molecule is CC(C)(C)OC(=O)NC(CC(=O)O)C(=O)OCc1ccccc1. The summed E-state index contributed by atoms with van der Waals surface area (Å²) in [6.07, 6.45) is -1.47. The van der Waals surface area contributed by atoms with Gasteiger partial charge >= 0.3 is 18.0 Å². The third kappa shape index (κ3) is 7.85. The number of carbonyl (C=O) groups excluding carboxylic acids is 2. The zero-order valence-electron chi connectivity index (χ0n) is 13.4. The maximum Gasteiger partial charge on any atom is 0.408 e. The highest BCUT2D eigenvalue weighted by atomic mass is 16.6. The van der Waals surface area contributed by atoms with Crippen molar-refractivity contribution in [3.05, 3.63) is 35.9 Å². The zero-order valence-corrected chi connectivity index (χ0v) is 13.4. The second-order valence-corrected chi connectivity index (χ2v) is 5.89. The molecule has 0 bridgehead atoms. The summed E-state index contributed by atoms with van der Waals surface area (Å²) < 4.78 is 10.1. The van der Waals surface area contributed by atoms with Gasteiger partial charge in [0.05, 0.1) is 6.42 Å². The van der Waals surface area contributed by atoms with Gasteiger partial charge in [0.15, 0.2) is 0 Å². The first-order chi connectivity index (χ1) is 10.7. The third-order valence-electron chi connectivity index (χ3n) is 2.58. The van der Waals surface area contributed by atoms with E-state index >= 15 is 0 Å². The van der Waals surface area contributed by atoms with Crippen LogP contribution in [0.5, 0.6) is 0 Å². The van der Waals surface area contributed by atoms with Gasteiger partial charge in [-0.1, -0.05) is 30.3 Å². The molecule has 7 heteroatoms. The number of ether oxygens (including phenoxy) is 2. The van der Waals surface area contributed by atoms with E-state index in [-0.39, 0.29) is 6.61 Å². The predicted octanol–water partition coefficient (Wildman–Crippen LogP) is 2.10. The van der Waals surface area contributed by atoms with E-state index in [1.54, 1.807) is 45.0 Å². The van der Waals surface area contributed by atoms with Crippen LogP contribution in [-0.2, 0) is 25.7 Å². The van der Waals surface area contributed by atoms with Crippen molar-refractivity contribution in [2.75, 3.05) is 0 Å². The first-order valence-electron chi connectivity index (χ1n) is 7.09. The second kappa shape index (κ2) is 8.17. The summed E-state index contributed by atoms with van der Waals surface area (Å²) in [6.45, 7) is 4.97. The summed E-state index contributed by atoms with van der Waals surface area (Å²) in [5.74, 6) is -2.06. The summed E-state index contributed by atoms with van der Waals surface area (Å²) in [4.78, 5) is 34.5. The zero-order chi connectivity index (χ0) is 17.5. The minimum atomic E-state index is -1.31. The third-order valence-corrected chi connectivity index (χ3v) is 2.58. The number of hydrogen-bond acceptors (Lipinski definition) is 5. The van der Waals surface area contributed by atoms with Crippen LogP contribution < -0.4 is 5.32 Å². The number of carbonyl (C=O) groups is 3. The van der Waals surface area contributed by atoms with Crippen LogP contribution >= 0.6 is 0 Å². The molecule has 1 aromatic rings. The first-order valence-corrected chi connectivity index (χ1v) is 7.09. The molecule has 0 aliphatic heterocycles. The summed E-state index contributed by atoms with van der Waals surface area (Å²) in [5.41, 5.74) is -0.00147. The van der Waals surface area contributed by atoms with Crippen molar-refractivity contribution in [1.82, 2.24) is 5.32 Å². The highest BCUT2D eigenvalue weighted by molar-refractivity contribution is 5.85. The lowest BCUT2D eigenvalue weighted by Crippen LogP contribution is -2.45. The fraction of sp³-hybridized carbons (Fsp3) is 0.438. The average Bonchev–Trinajstić information content (AvgIpc) is 2.42. The van der Waals surface area contributed by atoms with Crippen LogP contribution in [0.1, 0.15) is 32.8 Å². The topological polar surface area (TPSA) is 102 Å². The lowest BCUT2D eigenvalue weighted by molar-refractivity contribution is -0.151. The lowest BCUT2D eigenvalue weighted by Gasteiger charge is -2.22. The van der Waals surface area contributed by atoms with Crippen molar-refractivity contribution in [3.8, 4) is 0 Å². The van der Waals surface area contributed by atoms with Crippen molar-refractivity contribution in [2.24, 2.45) is 0 Å². The van der Waals surface area contributed by atoms with Gasteiger partial charge in [-0.2, -0.15) is 0 Å². The molecule has 0 heterocycles. The number of hydrogen-bond donors (Lipinski definition) is 2. The number of alkyl carbamates (subject to hydrolysis) is 1. The van der Waals surface area contributed by atoms with Gasteiger partial charge in [0, 0.05) is 0 Å². The molecular weight excluding hydrogens is 302 g/mol. The van der Waals surface area contributed by atoms with E-state index in [4.69, 9.17) is 14.6 Å². The van der Waals surface area contributed by atoms with E-state index in [9.17, 15) is 14.4 Å². The molecular formula is C16H21NO6. The van der Waals surface area contributed by atoms with E-state index in [1.165, 1.54) is 0 Å². The van der Waals surface area contributed by atoms with Gasteiger partial charge in [-0.15, -0.1) is 0 Å². The molecule has 7 nitrogen and oxygen atoms in total. The van der Waals surface area contributed by atoms with E-state index < -0.39 is 36.1 Å². The molecule has 1 aromatic carbocycles. The van der Waals surface area contributed by atoms with Gasteiger partial charge in [-0.3, -0.25) is 4.79 Å². The van der Waals surface area contributed by atoms with Crippen molar-refractivity contribution in [2.45, 2.75) is 45.4 Å². The molecule has 0 saturated carbocycles. The lowest BCUT2D eigenvalue weighted by atomic mass is 10.2. The smallest absolute Gasteiger partial charge is 0.408 e. The summed E-state index contributed by atoms with van der Waals surface area (Å²) in [6, 6.07) is 7.61. The minimum Gasteiger partial charge on any atom is -0.481 e. The monoisotopic (exact) mass is 323 g/mol. The Morgan fingerprint density at radius 3 is 2.30 bits per heavy atom. The van der Waals surface area contributed by atoms with Gasteiger partial charge < -0.3 is 19.9 Å². The number of esters is 1. The van der Waals surface area contributed by atoms with Crippen LogP contribution in [0.4, 0.5) is 4.79 Å². The van der Waals surface area contributed by atoms with Crippen LogP contribution in [0.2, 0.25) is 0 Å². The number of carboxylic acids is 1. The molecule has 0 aliphatic rings. The summed E-state index contributed by atoms with van der Waals surface area (Å²) >= 11 is 0. The molecule has 1 rings (SSSR count). The van der Waals surface area contributed by atoms with Crippen molar-refractivity contribution in [3.63, 3.8) is 0 Å². The van der Waals surface area contributed by atoms with Gasteiger partial charge in [0.25, 0.3) is 0 Å². The van der Waals surface area contributed by atoms with Crippen molar-refractivity contribution >= 4 is 18.0 Å². The fourth-order valence-corrected chi connectivity index (χ4v) is 1.65. The number of carboxylic acid groups (broad SMARTS) is 1. The van der Waals surface area contributed by atoms with Crippen LogP contribution in [0.15, 0.2) is 30.3 Å². The standard InChI is InChI=1S/C16H21NO6/c1-16(2,3)23-15(21)17-12(9-13(18)19)14(20)22-10-11-7-5-4-6-8-11/h4-8,12H,9-10H2,1-3H3,(H,17,21)(H,18,19). The quantitative estimate of drug-likeness (QED) is 0.777. The normalized spacial score (nSPS) is 12.1. The van der Waals surface area contributed by atoms with E-state index in [2.05, 4.69) is 5.32 Å². The molecule has 0 spiro atoms. The molecule has 0 aliphatic carbocycles. The molecule has 0 fully saturated rings. The molecule has 1 amide bonds. The molecule has 1 atom stereocenters. The average molecular weight is 323 g/mol. The number of amides is 1. The second-order valence-electron chi connectivity index (χ2n) is 5.89. The van der Waals surface area contributed by atoms with Crippen LogP contribution in [0.25, 0.3) is 0 Å². The highest BCUT2D eigenvalue weighted by Gasteiger charge is 2.27. The van der Waals surface area contributed by atoms with E-state index in [0.29, 0.717) is 0 Å². The Morgan fingerprint density at radius 2 is 1.78 bits per heavy atom. The van der Waals surface area contributed by atoms with Crippen molar-refractivity contribution < 1.29 is 29.0 Å². The molecule has 0 saturated heterocycles. The Hall–Kier alpha value is -2.57. The van der Waals surface area contributed by atoms with Gasteiger partial charge in [-0.05, 0) is 26.3 Å². The molecule has 1 unspecified atom stereocenters. The minimum absolute atomic E-state index is 0.00814. The largest absolute Gasteiger partial charge is 0.481 e. The maximum absolute atomic E-state index is 12.0. The Labute approximate surface area is 134 Å². The number of aliphatic carboxylic acids is 1. The van der Waals surface area contributed by atoms with Crippen LogP contribution in [0, 0.1) is 0 Å². The van der Waals surface area contributed by atoms with Crippen LogP contribution in [0.3, 0.4) is 0 Å². The Kier molecular flexibility index (Phi) is 6.56. The molecule has 126 valence electrons. The number of nitrogens with one attached hydrogen (secondary N) is 1. The molecule has 2 N–H and O–H groups in total. The highest BCUT2D eigenvalue weighted by Crippen LogP contribution is 2.08. The van der Waals surface area contributed by atoms with Gasteiger partial charge in [-0.25, -0.2) is 9.59 Å². The van der Waals surface area contributed by atoms with E-state index in [1.807, 2.05) is 6.07 Å². The Morgan fingerprint density at radius 1 is 1.17 bits per heavy atom. The molecule has 0 aromatic heterocycles. The predicted molar refractivity (Wildman–Crippen MR) is 81.6 cm³/mol. The Bertz CT molecular complexity index is 549. The van der Waals surface area contributed by atoms with E-state index in [0.717, 1.165) is 5.56 Å². The molecule has 0 radical (unpaired) electrons. The van der Waals surface area contributed by atoms with Gasteiger partial charge in [0.1, 0.15) is 18.2 Å². The first kappa shape index (κ1) is 18.5. The maximum atomic E-state index is 12.0. The van der Waals surface area contributed by atoms with Crippen LogP contribution in [-0.4, -0.2) is 34.8 Å². The Balaban J connectivity index is 2.63. The van der Waals surface area contributed by atoms with Crippen molar-refractivity contribution in [1.29, 1.82) is 0 Å². The molecule has 23 heavy (non-hydrogen) atoms. The number of rotatable bonds is 6. The summed E-state index contributed by atoms with van der Waals surface area (Å²) in [5, 5.41) is 11.1. The fourth-order valence-electron chi connectivity index (χ4n) is 1.65.